The minimum atomic E-state index is -0.411. The van der Waals surface area contributed by atoms with Gasteiger partial charge in [-0.25, -0.2) is 4.39 Å². The summed E-state index contributed by atoms with van der Waals surface area (Å²) in [6, 6.07) is 6.86. The van der Waals surface area contributed by atoms with E-state index in [9.17, 15) is 9.18 Å². The van der Waals surface area contributed by atoms with Crippen molar-refractivity contribution in [3.63, 3.8) is 0 Å². The van der Waals surface area contributed by atoms with Crippen molar-refractivity contribution < 1.29 is 13.9 Å². The summed E-state index contributed by atoms with van der Waals surface area (Å²) in [7, 11) is 0. The van der Waals surface area contributed by atoms with Gasteiger partial charge >= 0.3 is 0 Å². The van der Waals surface area contributed by atoms with Crippen molar-refractivity contribution in [3.05, 3.63) is 35.6 Å². The third kappa shape index (κ3) is 3.24. The van der Waals surface area contributed by atoms with Crippen molar-refractivity contribution in [3.8, 4) is 0 Å². The van der Waals surface area contributed by atoms with Gasteiger partial charge in [-0.15, -0.1) is 0 Å². The molecule has 1 saturated heterocycles. The maximum absolute atomic E-state index is 13.8. The maximum atomic E-state index is 13.8. The van der Waals surface area contributed by atoms with E-state index in [4.69, 9.17) is 10.5 Å². The lowest BCUT2D eigenvalue weighted by Crippen LogP contribution is -2.40. The molecule has 5 heteroatoms. The molecule has 114 valence electrons. The number of benzene rings is 1. The molecule has 1 aromatic carbocycles. The van der Waals surface area contributed by atoms with Gasteiger partial charge in [0.25, 0.3) is 5.91 Å². The second-order valence-corrected chi connectivity index (χ2v) is 5.85. The highest BCUT2D eigenvalue weighted by Gasteiger charge is 2.39. The molecule has 0 aromatic heterocycles. The number of hydrogen-bond acceptors (Lipinski definition) is 3. The second-order valence-electron chi connectivity index (χ2n) is 5.85. The monoisotopic (exact) mass is 292 g/mol. The normalized spacial score (nSPS) is 25.0. The van der Waals surface area contributed by atoms with Crippen LogP contribution < -0.4 is 5.73 Å². The molecule has 2 unspecified atom stereocenters. The summed E-state index contributed by atoms with van der Waals surface area (Å²) in [5, 5.41) is 0. The van der Waals surface area contributed by atoms with Crippen molar-refractivity contribution in [1.29, 1.82) is 0 Å². The Kier molecular flexibility index (Phi) is 4.22. The minimum absolute atomic E-state index is 0.0169. The Bertz CT molecular complexity index is 519. The summed E-state index contributed by atoms with van der Waals surface area (Å²) >= 11 is 0. The number of carbonyl (C=O) groups is 1. The first-order chi connectivity index (χ1) is 10.2. The molecule has 3 rings (SSSR count). The van der Waals surface area contributed by atoms with E-state index >= 15 is 0 Å². The maximum Gasteiger partial charge on any atom is 0.252 e. The van der Waals surface area contributed by atoms with Gasteiger partial charge in [0.2, 0.25) is 0 Å². The highest BCUT2D eigenvalue weighted by Crippen LogP contribution is 2.31. The SMILES string of the molecule is NCC1CCC(C(=O)N(Cc2ccccc2F)C2CC2)O1. The van der Waals surface area contributed by atoms with Crippen LogP contribution in [0.5, 0.6) is 0 Å². The van der Waals surface area contributed by atoms with Crippen LogP contribution in [0, 0.1) is 5.82 Å². The Labute approximate surface area is 124 Å². The first kappa shape index (κ1) is 14.5. The molecule has 1 heterocycles. The fourth-order valence-electron chi connectivity index (χ4n) is 2.83. The molecule has 2 N–H and O–H groups in total. The molecule has 4 nitrogen and oxygen atoms in total. The van der Waals surface area contributed by atoms with Crippen molar-refractivity contribution in [2.75, 3.05) is 6.54 Å². The largest absolute Gasteiger partial charge is 0.364 e. The molecular formula is C16H21FN2O2. The third-order valence-corrected chi connectivity index (χ3v) is 4.22. The minimum Gasteiger partial charge on any atom is -0.364 e. The number of nitrogens with two attached hydrogens (primary N) is 1. The lowest BCUT2D eigenvalue weighted by atomic mass is 10.1. The molecule has 1 amide bonds. The zero-order chi connectivity index (χ0) is 14.8. The molecule has 2 fully saturated rings. The van der Waals surface area contributed by atoms with E-state index in [1.165, 1.54) is 6.07 Å². The number of halogens is 1. The molecule has 2 atom stereocenters. The molecule has 1 aromatic rings. The summed E-state index contributed by atoms with van der Waals surface area (Å²) in [6.45, 7) is 0.768. The van der Waals surface area contributed by atoms with E-state index in [1.54, 1.807) is 23.1 Å². The molecule has 0 spiro atoms. The van der Waals surface area contributed by atoms with Gasteiger partial charge in [-0.3, -0.25) is 4.79 Å². The van der Waals surface area contributed by atoms with E-state index in [0.29, 0.717) is 25.1 Å². The predicted molar refractivity (Wildman–Crippen MR) is 76.9 cm³/mol. The van der Waals surface area contributed by atoms with Crippen molar-refractivity contribution >= 4 is 5.91 Å². The Hall–Kier alpha value is -1.46. The Morgan fingerprint density at radius 3 is 2.67 bits per heavy atom. The van der Waals surface area contributed by atoms with Gasteiger partial charge in [0.15, 0.2) is 0 Å². The van der Waals surface area contributed by atoms with E-state index in [2.05, 4.69) is 0 Å². The van der Waals surface area contributed by atoms with Crippen LogP contribution in [0.3, 0.4) is 0 Å². The van der Waals surface area contributed by atoms with Crippen molar-refractivity contribution in [2.45, 2.75) is 50.5 Å². The standard InChI is InChI=1S/C16H21FN2O2/c17-14-4-2-1-3-11(14)10-19(12-5-6-12)16(20)15-8-7-13(9-18)21-15/h1-4,12-13,15H,5-10,18H2. The van der Waals surface area contributed by atoms with Crippen LogP contribution >= 0.6 is 0 Å². The summed E-state index contributed by atoms with van der Waals surface area (Å²) in [6.07, 6.45) is 3.09. The van der Waals surface area contributed by atoms with Crippen LogP contribution in [-0.2, 0) is 16.1 Å². The van der Waals surface area contributed by atoms with Gasteiger partial charge in [0, 0.05) is 24.7 Å². The van der Waals surface area contributed by atoms with Crippen LogP contribution in [0.1, 0.15) is 31.2 Å². The van der Waals surface area contributed by atoms with Crippen LogP contribution in [0.4, 0.5) is 4.39 Å². The van der Waals surface area contributed by atoms with E-state index < -0.39 is 6.10 Å². The smallest absolute Gasteiger partial charge is 0.252 e. The van der Waals surface area contributed by atoms with Gasteiger partial charge < -0.3 is 15.4 Å². The molecule has 0 radical (unpaired) electrons. The zero-order valence-electron chi connectivity index (χ0n) is 12.0. The number of nitrogens with zero attached hydrogens (tertiary/aromatic N) is 1. The molecule has 0 bridgehead atoms. The van der Waals surface area contributed by atoms with Crippen LogP contribution in [0.15, 0.2) is 24.3 Å². The summed E-state index contributed by atoms with van der Waals surface area (Å²) in [4.78, 5) is 14.4. The highest BCUT2D eigenvalue weighted by molar-refractivity contribution is 5.81. The highest BCUT2D eigenvalue weighted by atomic mass is 19.1. The van der Waals surface area contributed by atoms with Gasteiger partial charge in [-0.2, -0.15) is 0 Å². The van der Waals surface area contributed by atoms with E-state index in [1.807, 2.05) is 0 Å². The number of rotatable bonds is 5. The average molecular weight is 292 g/mol. The fourth-order valence-corrected chi connectivity index (χ4v) is 2.83. The average Bonchev–Trinajstić information content (AvgIpc) is 3.22. The quantitative estimate of drug-likeness (QED) is 0.900. The Balaban J connectivity index is 1.70. The molecular weight excluding hydrogens is 271 g/mol. The van der Waals surface area contributed by atoms with Gasteiger partial charge in [-0.1, -0.05) is 18.2 Å². The van der Waals surface area contributed by atoms with Crippen LogP contribution in [0.25, 0.3) is 0 Å². The van der Waals surface area contributed by atoms with Crippen LogP contribution in [0.2, 0.25) is 0 Å². The third-order valence-electron chi connectivity index (χ3n) is 4.22. The molecule has 21 heavy (non-hydrogen) atoms. The van der Waals surface area contributed by atoms with Crippen molar-refractivity contribution in [2.24, 2.45) is 5.73 Å². The molecule has 2 aliphatic rings. The van der Waals surface area contributed by atoms with Gasteiger partial charge in [0.1, 0.15) is 11.9 Å². The first-order valence-corrected chi connectivity index (χ1v) is 7.58. The summed E-state index contributed by atoms with van der Waals surface area (Å²) < 4.78 is 19.5. The molecule has 1 aliphatic heterocycles. The summed E-state index contributed by atoms with van der Waals surface area (Å²) in [5.74, 6) is -0.278. The first-order valence-electron chi connectivity index (χ1n) is 7.58. The number of amides is 1. The predicted octanol–water partition coefficient (Wildman–Crippen LogP) is 1.82. The lowest BCUT2D eigenvalue weighted by Gasteiger charge is -2.26. The fraction of sp³-hybridized carbons (Fsp3) is 0.562. The van der Waals surface area contributed by atoms with Crippen molar-refractivity contribution in [1.82, 2.24) is 4.90 Å². The number of ether oxygens (including phenoxy) is 1. The molecule has 1 aliphatic carbocycles. The zero-order valence-corrected chi connectivity index (χ0v) is 12.0. The van der Waals surface area contributed by atoms with Gasteiger partial charge in [-0.05, 0) is 31.7 Å². The van der Waals surface area contributed by atoms with E-state index in [-0.39, 0.29) is 23.9 Å². The Morgan fingerprint density at radius 1 is 1.29 bits per heavy atom. The summed E-state index contributed by atoms with van der Waals surface area (Å²) in [5.41, 5.74) is 6.15. The number of hydrogen-bond donors (Lipinski definition) is 1. The second kappa shape index (κ2) is 6.12. The lowest BCUT2D eigenvalue weighted by molar-refractivity contribution is -0.144. The topological polar surface area (TPSA) is 55.6 Å². The van der Waals surface area contributed by atoms with E-state index in [0.717, 1.165) is 19.3 Å². The Morgan fingerprint density at radius 2 is 2.05 bits per heavy atom. The van der Waals surface area contributed by atoms with Gasteiger partial charge in [0.05, 0.1) is 6.10 Å². The number of carbonyl (C=O) groups excluding carboxylic acids is 1. The van der Waals surface area contributed by atoms with Crippen LogP contribution in [-0.4, -0.2) is 35.6 Å². The molecule has 1 saturated carbocycles.